The molecule has 13 heavy (non-hydrogen) atoms. The van der Waals surface area contributed by atoms with Gasteiger partial charge in [0.05, 0.1) is 0 Å². The Morgan fingerprint density at radius 3 is 2.54 bits per heavy atom. The SMILES string of the molecule is C=N[C@H](Cc1ccccc1)C(N)=O. The Labute approximate surface area is 77.3 Å². The van der Waals surface area contributed by atoms with Crippen molar-refractivity contribution in [2.45, 2.75) is 12.5 Å². The van der Waals surface area contributed by atoms with Crippen LogP contribution in [-0.4, -0.2) is 18.7 Å². The van der Waals surface area contributed by atoms with Gasteiger partial charge in [-0.3, -0.25) is 9.79 Å². The summed E-state index contributed by atoms with van der Waals surface area (Å²) < 4.78 is 0. The molecule has 1 amide bonds. The Morgan fingerprint density at radius 2 is 2.08 bits per heavy atom. The summed E-state index contributed by atoms with van der Waals surface area (Å²) in [6.07, 6.45) is 0.527. The highest BCUT2D eigenvalue weighted by Gasteiger charge is 2.12. The molecule has 1 aromatic carbocycles. The number of carbonyl (C=O) groups is 1. The zero-order valence-corrected chi connectivity index (χ0v) is 7.31. The fourth-order valence-electron chi connectivity index (χ4n) is 1.09. The highest BCUT2D eigenvalue weighted by Crippen LogP contribution is 2.04. The van der Waals surface area contributed by atoms with Crippen LogP contribution in [0.2, 0.25) is 0 Å². The number of aliphatic imine (C=N–C) groups is 1. The van der Waals surface area contributed by atoms with E-state index in [9.17, 15) is 4.79 Å². The molecule has 3 heteroatoms. The van der Waals surface area contributed by atoms with Crippen LogP contribution >= 0.6 is 0 Å². The second-order valence-corrected chi connectivity index (χ2v) is 2.79. The van der Waals surface area contributed by atoms with Gasteiger partial charge in [0.1, 0.15) is 6.04 Å². The summed E-state index contributed by atoms with van der Waals surface area (Å²) in [5.41, 5.74) is 6.16. The van der Waals surface area contributed by atoms with Gasteiger partial charge in [-0.15, -0.1) is 0 Å². The molecule has 1 aromatic rings. The predicted molar refractivity (Wildman–Crippen MR) is 52.7 cm³/mol. The fourth-order valence-corrected chi connectivity index (χ4v) is 1.09. The molecule has 68 valence electrons. The molecule has 0 bridgehead atoms. The molecule has 3 nitrogen and oxygen atoms in total. The lowest BCUT2D eigenvalue weighted by molar-refractivity contribution is -0.119. The molecule has 0 fully saturated rings. The third-order valence-electron chi connectivity index (χ3n) is 1.82. The minimum atomic E-state index is -0.512. The molecule has 0 spiro atoms. The predicted octanol–water partition coefficient (Wildman–Crippen LogP) is 0.784. The van der Waals surface area contributed by atoms with E-state index in [2.05, 4.69) is 11.7 Å². The van der Waals surface area contributed by atoms with E-state index in [4.69, 9.17) is 5.73 Å². The van der Waals surface area contributed by atoms with Crippen LogP contribution < -0.4 is 5.73 Å². The second-order valence-electron chi connectivity index (χ2n) is 2.79. The molecule has 0 aliphatic rings. The van der Waals surface area contributed by atoms with Gasteiger partial charge in [0.15, 0.2) is 0 Å². The van der Waals surface area contributed by atoms with Crippen LogP contribution in [-0.2, 0) is 11.2 Å². The molecule has 0 aliphatic carbocycles. The van der Waals surface area contributed by atoms with Crippen LogP contribution in [0.25, 0.3) is 0 Å². The van der Waals surface area contributed by atoms with Gasteiger partial charge in [0.2, 0.25) is 5.91 Å². The standard InChI is InChI=1S/C10H12N2O/c1-12-9(10(11)13)7-8-5-3-2-4-6-8/h2-6,9H,1,7H2,(H2,11,13)/t9-/m1/s1. The van der Waals surface area contributed by atoms with Gasteiger partial charge in [0.25, 0.3) is 0 Å². The number of carbonyl (C=O) groups excluding carboxylic acids is 1. The van der Waals surface area contributed by atoms with Crippen LogP contribution in [0.3, 0.4) is 0 Å². The summed E-state index contributed by atoms with van der Waals surface area (Å²) in [6.45, 7) is 3.33. The smallest absolute Gasteiger partial charge is 0.242 e. The molecule has 1 atom stereocenters. The molecule has 0 saturated heterocycles. The van der Waals surface area contributed by atoms with Gasteiger partial charge in [-0.05, 0) is 12.3 Å². The monoisotopic (exact) mass is 176 g/mol. The number of hydrogen-bond donors (Lipinski definition) is 1. The zero-order chi connectivity index (χ0) is 9.68. The first-order chi connectivity index (χ1) is 6.24. The van der Waals surface area contributed by atoms with Crippen molar-refractivity contribution in [2.75, 3.05) is 0 Å². The molecule has 0 unspecified atom stereocenters. The average Bonchev–Trinajstić information content (AvgIpc) is 2.15. The van der Waals surface area contributed by atoms with Crippen molar-refractivity contribution >= 4 is 12.6 Å². The third-order valence-corrected chi connectivity index (χ3v) is 1.82. The lowest BCUT2D eigenvalue weighted by atomic mass is 10.1. The molecule has 2 N–H and O–H groups in total. The van der Waals surface area contributed by atoms with Gasteiger partial charge in [-0.2, -0.15) is 0 Å². The molecule has 0 heterocycles. The van der Waals surface area contributed by atoms with E-state index in [1.807, 2.05) is 30.3 Å². The lowest BCUT2D eigenvalue weighted by Gasteiger charge is -2.06. The van der Waals surface area contributed by atoms with Crippen molar-refractivity contribution in [3.63, 3.8) is 0 Å². The van der Waals surface area contributed by atoms with E-state index in [0.717, 1.165) is 5.56 Å². The van der Waals surface area contributed by atoms with Crippen molar-refractivity contribution < 1.29 is 4.79 Å². The van der Waals surface area contributed by atoms with Crippen LogP contribution in [0.1, 0.15) is 5.56 Å². The molecule has 1 rings (SSSR count). The normalized spacial score (nSPS) is 12.0. The zero-order valence-electron chi connectivity index (χ0n) is 7.31. The lowest BCUT2D eigenvalue weighted by Crippen LogP contribution is -2.28. The number of hydrogen-bond acceptors (Lipinski definition) is 2. The summed E-state index contributed by atoms with van der Waals surface area (Å²) >= 11 is 0. The van der Waals surface area contributed by atoms with E-state index in [1.54, 1.807) is 0 Å². The van der Waals surface area contributed by atoms with Crippen molar-refractivity contribution in [1.29, 1.82) is 0 Å². The largest absolute Gasteiger partial charge is 0.368 e. The Hall–Kier alpha value is -1.64. The maximum Gasteiger partial charge on any atom is 0.242 e. The van der Waals surface area contributed by atoms with Gasteiger partial charge >= 0.3 is 0 Å². The van der Waals surface area contributed by atoms with E-state index in [1.165, 1.54) is 0 Å². The van der Waals surface area contributed by atoms with Crippen LogP contribution in [0.4, 0.5) is 0 Å². The first-order valence-corrected chi connectivity index (χ1v) is 4.03. The topological polar surface area (TPSA) is 55.4 Å². The molecule has 0 radical (unpaired) electrons. The highest BCUT2D eigenvalue weighted by atomic mass is 16.1. The first-order valence-electron chi connectivity index (χ1n) is 4.03. The number of rotatable bonds is 4. The fraction of sp³-hybridized carbons (Fsp3) is 0.200. The van der Waals surface area contributed by atoms with Crippen LogP contribution in [0.5, 0.6) is 0 Å². The summed E-state index contributed by atoms with van der Waals surface area (Å²) in [6, 6.07) is 9.10. The van der Waals surface area contributed by atoms with E-state index >= 15 is 0 Å². The molecular weight excluding hydrogens is 164 g/mol. The van der Waals surface area contributed by atoms with Crippen molar-refractivity contribution in [1.82, 2.24) is 0 Å². The molecule has 0 saturated carbocycles. The van der Waals surface area contributed by atoms with Gasteiger partial charge in [-0.25, -0.2) is 0 Å². The highest BCUT2D eigenvalue weighted by molar-refractivity contribution is 5.81. The van der Waals surface area contributed by atoms with Gasteiger partial charge in [-0.1, -0.05) is 30.3 Å². The maximum atomic E-state index is 10.8. The van der Waals surface area contributed by atoms with Gasteiger partial charge in [0, 0.05) is 6.42 Å². The van der Waals surface area contributed by atoms with Crippen molar-refractivity contribution in [2.24, 2.45) is 10.7 Å². The van der Waals surface area contributed by atoms with Gasteiger partial charge < -0.3 is 5.73 Å². The number of nitrogens with zero attached hydrogens (tertiary/aromatic N) is 1. The van der Waals surface area contributed by atoms with E-state index in [0.29, 0.717) is 6.42 Å². The summed E-state index contributed by atoms with van der Waals surface area (Å²) in [4.78, 5) is 14.5. The van der Waals surface area contributed by atoms with Crippen molar-refractivity contribution in [3.05, 3.63) is 35.9 Å². The number of primary amides is 1. The minimum absolute atomic E-state index is 0.432. The first kappa shape index (κ1) is 9.45. The molecule has 0 aliphatic heterocycles. The third kappa shape index (κ3) is 2.71. The maximum absolute atomic E-state index is 10.8. The summed E-state index contributed by atoms with van der Waals surface area (Å²) in [5.74, 6) is -0.432. The average molecular weight is 176 g/mol. The second kappa shape index (κ2) is 4.40. The summed E-state index contributed by atoms with van der Waals surface area (Å²) in [5, 5.41) is 0. The number of amides is 1. The number of benzene rings is 1. The Bertz CT molecular complexity index is 295. The Morgan fingerprint density at radius 1 is 1.46 bits per heavy atom. The number of nitrogens with two attached hydrogens (primary N) is 1. The quantitative estimate of drug-likeness (QED) is 0.677. The molecule has 0 aromatic heterocycles. The van der Waals surface area contributed by atoms with Crippen molar-refractivity contribution in [3.8, 4) is 0 Å². The van der Waals surface area contributed by atoms with E-state index < -0.39 is 11.9 Å². The van der Waals surface area contributed by atoms with Crippen LogP contribution in [0.15, 0.2) is 35.3 Å². The van der Waals surface area contributed by atoms with Crippen LogP contribution in [0, 0.1) is 0 Å². The minimum Gasteiger partial charge on any atom is -0.368 e. The Balaban J connectivity index is 2.67. The molecular formula is C10H12N2O. The Kier molecular flexibility index (Phi) is 3.20. The summed E-state index contributed by atoms with van der Waals surface area (Å²) in [7, 11) is 0. The van der Waals surface area contributed by atoms with E-state index in [-0.39, 0.29) is 0 Å².